The number of rotatable bonds is 6. The minimum Gasteiger partial charge on any atom is -0.271 e. The Morgan fingerprint density at radius 3 is 2.54 bits per heavy atom. The van der Waals surface area contributed by atoms with Crippen molar-refractivity contribution in [3.8, 4) is 0 Å². The van der Waals surface area contributed by atoms with Crippen molar-refractivity contribution >= 4 is 15.9 Å². The minimum absolute atomic E-state index is 0.0381. The van der Waals surface area contributed by atoms with Gasteiger partial charge in [0.05, 0.1) is 11.5 Å². The topological polar surface area (TPSA) is 75.7 Å². The monoisotopic (exact) mass is 378 g/mol. The lowest BCUT2D eigenvalue weighted by Crippen LogP contribution is -2.45. The Bertz CT molecular complexity index is 857. The van der Waals surface area contributed by atoms with Crippen molar-refractivity contribution in [2.24, 2.45) is 0 Å². The van der Waals surface area contributed by atoms with Crippen molar-refractivity contribution in [1.82, 2.24) is 9.79 Å². The Morgan fingerprint density at radius 2 is 1.85 bits per heavy atom. The summed E-state index contributed by atoms with van der Waals surface area (Å²) in [6, 6.07) is 13.0. The van der Waals surface area contributed by atoms with Gasteiger partial charge in [0.25, 0.3) is 5.91 Å². The molecule has 0 spiro atoms. The lowest BCUT2D eigenvalue weighted by Gasteiger charge is -2.23. The van der Waals surface area contributed by atoms with Gasteiger partial charge in [-0.25, -0.2) is 18.3 Å². The van der Waals surface area contributed by atoms with E-state index in [1.807, 2.05) is 30.3 Å². The number of sulfonamides is 1. The van der Waals surface area contributed by atoms with E-state index in [2.05, 4.69) is 5.48 Å². The number of carbonyl (C=O) groups is 1. The van der Waals surface area contributed by atoms with Gasteiger partial charge in [-0.1, -0.05) is 30.3 Å². The van der Waals surface area contributed by atoms with Crippen molar-refractivity contribution in [1.29, 1.82) is 0 Å². The Morgan fingerprint density at radius 1 is 1.15 bits per heavy atom. The average molecular weight is 378 g/mol. The molecule has 1 aliphatic rings. The first kappa shape index (κ1) is 18.5. The molecule has 2 aromatic rings. The fourth-order valence-electron chi connectivity index (χ4n) is 2.86. The number of nitrogens with zero attached hydrogens (tertiary/aromatic N) is 1. The average Bonchev–Trinajstić information content (AvgIpc) is 3.14. The highest BCUT2D eigenvalue weighted by Crippen LogP contribution is 2.26. The van der Waals surface area contributed by atoms with E-state index in [0.717, 1.165) is 22.0 Å². The molecular formula is C18H19FN2O4S. The quantitative estimate of drug-likeness (QED) is 0.782. The van der Waals surface area contributed by atoms with Crippen LogP contribution in [-0.4, -0.2) is 31.2 Å². The van der Waals surface area contributed by atoms with Gasteiger partial charge in [0.15, 0.2) is 0 Å². The second-order valence-corrected chi connectivity index (χ2v) is 7.86. The van der Waals surface area contributed by atoms with Crippen LogP contribution in [0.2, 0.25) is 0 Å². The van der Waals surface area contributed by atoms with Gasteiger partial charge in [0, 0.05) is 6.54 Å². The van der Waals surface area contributed by atoms with E-state index in [4.69, 9.17) is 4.84 Å². The van der Waals surface area contributed by atoms with Gasteiger partial charge in [-0.3, -0.25) is 9.63 Å². The summed E-state index contributed by atoms with van der Waals surface area (Å²) in [7, 11) is -3.88. The summed E-state index contributed by atoms with van der Waals surface area (Å²) < 4.78 is 39.7. The third kappa shape index (κ3) is 4.09. The molecule has 1 N–H and O–H groups in total. The van der Waals surface area contributed by atoms with Gasteiger partial charge in [0.2, 0.25) is 10.0 Å². The van der Waals surface area contributed by atoms with Crippen LogP contribution in [0.1, 0.15) is 18.4 Å². The molecule has 0 aliphatic carbocycles. The number of hydrogen-bond donors (Lipinski definition) is 1. The minimum atomic E-state index is -3.88. The van der Waals surface area contributed by atoms with Crippen LogP contribution in [0, 0.1) is 5.82 Å². The fourth-order valence-corrected chi connectivity index (χ4v) is 4.52. The molecule has 0 radical (unpaired) electrons. The third-order valence-electron chi connectivity index (χ3n) is 4.18. The predicted molar refractivity (Wildman–Crippen MR) is 92.7 cm³/mol. The lowest BCUT2D eigenvalue weighted by molar-refractivity contribution is -0.137. The van der Waals surface area contributed by atoms with E-state index in [-0.39, 0.29) is 18.0 Å². The first-order valence-electron chi connectivity index (χ1n) is 8.21. The molecule has 1 heterocycles. The number of hydrogen-bond acceptors (Lipinski definition) is 4. The highest BCUT2D eigenvalue weighted by molar-refractivity contribution is 7.89. The number of carbonyl (C=O) groups excluding carboxylic acids is 1. The van der Waals surface area contributed by atoms with Crippen molar-refractivity contribution < 1.29 is 22.4 Å². The van der Waals surface area contributed by atoms with Crippen LogP contribution in [0.4, 0.5) is 4.39 Å². The van der Waals surface area contributed by atoms with E-state index in [1.54, 1.807) is 0 Å². The number of benzene rings is 2. The van der Waals surface area contributed by atoms with Gasteiger partial charge in [-0.15, -0.1) is 0 Å². The standard InChI is InChI=1S/C18H19FN2O4S/c19-15-8-10-16(11-9-15)26(23,24)21-12-4-7-17(21)18(22)20-25-13-14-5-2-1-3-6-14/h1-3,5-6,8-11,17H,4,7,12-13H2,(H,20,22)/t17-/m0/s1. The van der Waals surface area contributed by atoms with E-state index < -0.39 is 27.8 Å². The Balaban J connectivity index is 1.65. The van der Waals surface area contributed by atoms with Crippen LogP contribution in [0.25, 0.3) is 0 Å². The SMILES string of the molecule is O=C(NOCc1ccccc1)[C@@H]1CCCN1S(=O)(=O)c1ccc(F)cc1. The molecule has 6 nitrogen and oxygen atoms in total. The summed E-state index contributed by atoms with van der Waals surface area (Å²) in [6.07, 6.45) is 0.970. The van der Waals surface area contributed by atoms with Crippen LogP contribution in [-0.2, 0) is 26.3 Å². The maximum Gasteiger partial charge on any atom is 0.261 e. The van der Waals surface area contributed by atoms with Gasteiger partial charge in [-0.05, 0) is 42.7 Å². The van der Waals surface area contributed by atoms with Crippen LogP contribution >= 0.6 is 0 Å². The van der Waals surface area contributed by atoms with Crippen molar-refractivity contribution in [2.45, 2.75) is 30.4 Å². The first-order valence-corrected chi connectivity index (χ1v) is 9.65. The van der Waals surface area contributed by atoms with Gasteiger partial charge in [-0.2, -0.15) is 4.31 Å². The van der Waals surface area contributed by atoms with Crippen molar-refractivity contribution in [2.75, 3.05) is 6.54 Å². The molecule has 1 fully saturated rings. The van der Waals surface area contributed by atoms with E-state index in [0.29, 0.717) is 12.8 Å². The molecule has 1 atom stereocenters. The lowest BCUT2D eigenvalue weighted by atomic mass is 10.2. The molecule has 1 amide bonds. The zero-order chi connectivity index (χ0) is 18.6. The van der Waals surface area contributed by atoms with Gasteiger partial charge in [0.1, 0.15) is 11.9 Å². The smallest absolute Gasteiger partial charge is 0.261 e. The third-order valence-corrected chi connectivity index (χ3v) is 6.10. The van der Waals surface area contributed by atoms with Crippen LogP contribution < -0.4 is 5.48 Å². The molecule has 138 valence electrons. The summed E-state index contributed by atoms with van der Waals surface area (Å²) in [5, 5.41) is 0. The molecule has 8 heteroatoms. The zero-order valence-electron chi connectivity index (χ0n) is 14.0. The molecule has 0 bridgehead atoms. The van der Waals surface area contributed by atoms with E-state index in [1.165, 1.54) is 12.1 Å². The van der Waals surface area contributed by atoms with E-state index >= 15 is 0 Å². The van der Waals surface area contributed by atoms with E-state index in [9.17, 15) is 17.6 Å². The number of halogens is 1. The summed E-state index contributed by atoms with van der Waals surface area (Å²) in [4.78, 5) is 17.5. The second kappa shape index (κ2) is 7.94. The number of nitrogens with one attached hydrogen (secondary N) is 1. The first-order chi connectivity index (χ1) is 12.5. The van der Waals surface area contributed by atoms with Crippen LogP contribution in [0.5, 0.6) is 0 Å². The molecule has 0 aromatic heterocycles. The van der Waals surface area contributed by atoms with Crippen LogP contribution in [0.15, 0.2) is 59.5 Å². The molecule has 0 unspecified atom stereocenters. The molecular weight excluding hydrogens is 359 g/mol. The van der Waals surface area contributed by atoms with Crippen molar-refractivity contribution in [3.05, 3.63) is 66.0 Å². The normalized spacial score (nSPS) is 18.0. The van der Waals surface area contributed by atoms with Gasteiger partial charge >= 0.3 is 0 Å². The second-order valence-electron chi connectivity index (χ2n) is 5.97. The largest absolute Gasteiger partial charge is 0.271 e. The molecule has 1 saturated heterocycles. The zero-order valence-corrected chi connectivity index (χ0v) is 14.8. The maximum absolute atomic E-state index is 13.0. The molecule has 3 rings (SSSR count). The Labute approximate surface area is 151 Å². The maximum atomic E-state index is 13.0. The molecule has 1 aliphatic heterocycles. The fraction of sp³-hybridized carbons (Fsp3) is 0.278. The summed E-state index contributed by atoms with van der Waals surface area (Å²) in [5.74, 6) is -1.03. The molecule has 2 aromatic carbocycles. The Hall–Kier alpha value is -2.29. The number of hydroxylamine groups is 1. The summed E-state index contributed by atoms with van der Waals surface area (Å²) >= 11 is 0. The predicted octanol–water partition coefficient (Wildman–Crippen LogP) is 2.23. The highest BCUT2D eigenvalue weighted by atomic mass is 32.2. The molecule has 0 saturated carbocycles. The number of amides is 1. The Kier molecular flexibility index (Phi) is 5.65. The summed E-state index contributed by atoms with van der Waals surface area (Å²) in [6.45, 7) is 0.417. The van der Waals surface area contributed by atoms with Crippen LogP contribution in [0.3, 0.4) is 0 Å². The summed E-state index contributed by atoms with van der Waals surface area (Å²) in [5.41, 5.74) is 3.21. The van der Waals surface area contributed by atoms with Gasteiger partial charge < -0.3 is 0 Å². The van der Waals surface area contributed by atoms with Crippen molar-refractivity contribution in [3.63, 3.8) is 0 Å². The highest BCUT2D eigenvalue weighted by Gasteiger charge is 2.39. The molecule has 26 heavy (non-hydrogen) atoms.